The summed E-state index contributed by atoms with van der Waals surface area (Å²) in [4.78, 5) is 24.6. The molecule has 0 spiro atoms. The largest absolute Gasteiger partial charge is 0.462 e. The van der Waals surface area contributed by atoms with E-state index < -0.39 is 0 Å². The topological polar surface area (TPSA) is 85.8 Å². The van der Waals surface area contributed by atoms with Crippen molar-refractivity contribution >= 4 is 11.9 Å². The quantitative estimate of drug-likeness (QED) is 0.686. The van der Waals surface area contributed by atoms with Crippen LogP contribution in [0.15, 0.2) is 0 Å². The summed E-state index contributed by atoms with van der Waals surface area (Å²) < 4.78 is 11.4. The molecule has 0 aromatic heterocycles. The highest BCUT2D eigenvalue weighted by molar-refractivity contribution is 5.77. The van der Waals surface area contributed by atoms with Gasteiger partial charge in [-0.05, 0) is 55.4 Å². The van der Waals surface area contributed by atoms with Crippen molar-refractivity contribution in [3.63, 3.8) is 0 Å². The first-order valence-electron chi connectivity index (χ1n) is 10.7. The maximum Gasteiger partial charge on any atom is 0.306 e. The van der Waals surface area contributed by atoms with Crippen LogP contribution >= 0.6 is 0 Å². The van der Waals surface area contributed by atoms with E-state index in [0.29, 0.717) is 0 Å². The van der Waals surface area contributed by atoms with Crippen molar-refractivity contribution in [3.05, 3.63) is 0 Å². The first-order chi connectivity index (χ1) is 12.6. The zero-order valence-corrected chi connectivity index (χ0v) is 19.2. The Hall–Kier alpha value is -1.14. The van der Waals surface area contributed by atoms with E-state index in [2.05, 4.69) is 66.0 Å². The number of piperidine rings is 2. The smallest absolute Gasteiger partial charge is 0.306 e. The SMILES string of the molecule is CC1(C)CC(OC(=O)CCC(=O)OC2CC(C)(C)[NH2+]C(C)(C)C2)CC(C)(C)[NH2+]1. The molecule has 0 unspecified atom stereocenters. The lowest BCUT2D eigenvalue weighted by Crippen LogP contribution is -3.06. The number of quaternary nitrogens is 2. The Morgan fingerprint density at radius 3 is 1.14 bits per heavy atom. The predicted molar refractivity (Wildman–Crippen MR) is 108 cm³/mol. The summed E-state index contributed by atoms with van der Waals surface area (Å²) in [6.07, 6.45) is 3.31. The summed E-state index contributed by atoms with van der Waals surface area (Å²) in [7, 11) is 0. The molecule has 2 saturated heterocycles. The number of carbonyl (C=O) groups is 2. The van der Waals surface area contributed by atoms with Crippen LogP contribution in [0.2, 0.25) is 0 Å². The Kier molecular flexibility index (Phi) is 6.56. The molecule has 4 N–H and O–H groups in total. The third-order valence-corrected chi connectivity index (χ3v) is 5.71. The Morgan fingerprint density at radius 1 is 0.643 bits per heavy atom. The fraction of sp³-hybridized carbons (Fsp3) is 0.909. The van der Waals surface area contributed by atoms with Gasteiger partial charge in [-0.1, -0.05) is 0 Å². The summed E-state index contributed by atoms with van der Waals surface area (Å²) in [5.74, 6) is -0.596. The van der Waals surface area contributed by atoms with Crippen LogP contribution in [0.1, 0.15) is 93.9 Å². The molecule has 6 nitrogen and oxygen atoms in total. The van der Waals surface area contributed by atoms with Crippen LogP contribution in [0.4, 0.5) is 0 Å². The second-order valence-corrected chi connectivity index (χ2v) is 11.8. The zero-order valence-electron chi connectivity index (χ0n) is 19.2. The minimum Gasteiger partial charge on any atom is -0.462 e. The summed E-state index contributed by atoms with van der Waals surface area (Å²) in [5.41, 5.74) is 0.179. The molecule has 0 saturated carbocycles. The number of esters is 2. The summed E-state index contributed by atoms with van der Waals surface area (Å²) in [6.45, 7) is 17.4. The molecule has 162 valence electrons. The van der Waals surface area contributed by atoms with E-state index in [4.69, 9.17) is 9.47 Å². The van der Waals surface area contributed by atoms with Crippen LogP contribution < -0.4 is 10.6 Å². The molecular weight excluding hydrogens is 356 g/mol. The molecular formula is C22H42N2O4+2. The van der Waals surface area contributed by atoms with E-state index in [-0.39, 0.29) is 59.1 Å². The molecule has 2 fully saturated rings. The zero-order chi connectivity index (χ0) is 21.4. The predicted octanol–water partition coefficient (Wildman–Crippen LogP) is 1.42. The van der Waals surface area contributed by atoms with Crippen LogP contribution in [0.5, 0.6) is 0 Å². The standard InChI is InChI=1S/C22H40N2O4/c1-19(2)11-15(12-20(3,4)23-19)27-17(25)9-10-18(26)28-16-13-21(5,6)24-22(7,8)14-16/h15-16,23-24H,9-14H2,1-8H3/p+2. The molecule has 28 heavy (non-hydrogen) atoms. The first-order valence-corrected chi connectivity index (χ1v) is 10.7. The van der Waals surface area contributed by atoms with Crippen LogP contribution in [0.25, 0.3) is 0 Å². The monoisotopic (exact) mass is 398 g/mol. The van der Waals surface area contributed by atoms with Gasteiger partial charge in [0.25, 0.3) is 0 Å². The number of nitrogens with two attached hydrogens (primary N) is 2. The van der Waals surface area contributed by atoms with E-state index in [1.165, 1.54) is 0 Å². The van der Waals surface area contributed by atoms with Crippen LogP contribution in [-0.2, 0) is 19.1 Å². The van der Waals surface area contributed by atoms with E-state index in [1.54, 1.807) is 0 Å². The Labute approximate surface area is 170 Å². The minimum absolute atomic E-state index is 0.0449. The molecule has 0 amide bonds. The highest BCUT2D eigenvalue weighted by atomic mass is 16.6. The van der Waals surface area contributed by atoms with Gasteiger partial charge in [0.1, 0.15) is 12.2 Å². The second-order valence-electron chi connectivity index (χ2n) is 11.8. The summed E-state index contributed by atoms with van der Waals surface area (Å²) in [5, 5.41) is 4.71. The van der Waals surface area contributed by atoms with Crippen molar-refractivity contribution in [3.8, 4) is 0 Å². The number of carbonyl (C=O) groups excluding carboxylic acids is 2. The van der Waals surface area contributed by atoms with E-state index in [1.807, 2.05) is 0 Å². The van der Waals surface area contributed by atoms with Gasteiger partial charge >= 0.3 is 11.9 Å². The molecule has 6 heteroatoms. The molecule has 0 atom stereocenters. The Balaban J connectivity index is 1.79. The van der Waals surface area contributed by atoms with Crippen molar-refractivity contribution in [1.29, 1.82) is 0 Å². The molecule has 2 rings (SSSR count). The van der Waals surface area contributed by atoms with E-state index >= 15 is 0 Å². The highest BCUT2D eigenvalue weighted by Crippen LogP contribution is 2.26. The maximum absolute atomic E-state index is 12.3. The van der Waals surface area contributed by atoms with Gasteiger partial charge in [-0.3, -0.25) is 9.59 Å². The number of hydrogen-bond donors (Lipinski definition) is 2. The molecule has 2 aliphatic rings. The van der Waals surface area contributed by atoms with Crippen molar-refractivity contribution in [2.75, 3.05) is 0 Å². The van der Waals surface area contributed by atoms with Crippen LogP contribution in [0.3, 0.4) is 0 Å². The van der Waals surface area contributed by atoms with Crippen molar-refractivity contribution in [2.24, 2.45) is 0 Å². The van der Waals surface area contributed by atoms with Gasteiger partial charge in [-0.15, -0.1) is 0 Å². The van der Waals surface area contributed by atoms with Gasteiger partial charge in [-0.2, -0.15) is 0 Å². The third kappa shape index (κ3) is 7.36. The average molecular weight is 399 g/mol. The lowest BCUT2D eigenvalue weighted by atomic mass is 9.81. The Bertz CT molecular complexity index is 511. The third-order valence-electron chi connectivity index (χ3n) is 5.71. The Morgan fingerprint density at radius 2 is 0.893 bits per heavy atom. The lowest BCUT2D eigenvalue weighted by molar-refractivity contribution is -0.790. The average Bonchev–Trinajstić information content (AvgIpc) is 2.37. The number of rotatable bonds is 5. The van der Waals surface area contributed by atoms with Crippen molar-refractivity contribution < 1.29 is 29.7 Å². The van der Waals surface area contributed by atoms with Gasteiger partial charge in [0.15, 0.2) is 0 Å². The highest BCUT2D eigenvalue weighted by Gasteiger charge is 2.44. The van der Waals surface area contributed by atoms with Gasteiger partial charge in [-0.25, -0.2) is 0 Å². The molecule has 0 aromatic rings. The summed E-state index contributed by atoms with van der Waals surface area (Å²) >= 11 is 0. The molecule has 2 heterocycles. The minimum atomic E-state index is -0.298. The lowest BCUT2D eigenvalue weighted by Gasteiger charge is -2.42. The number of ether oxygens (including phenoxy) is 2. The fourth-order valence-electron chi connectivity index (χ4n) is 5.70. The van der Waals surface area contributed by atoms with Crippen LogP contribution in [-0.4, -0.2) is 46.3 Å². The van der Waals surface area contributed by atoms with E-state index in [9.17, 15) is 9.59 Å². The molecule has 0 aromatic carbocycles. The van der Waals surface area contributed by atoms with Crippen molar-refractivity contribution in [1.82, 2.24) is 0 Å². The fourth-order valence-corrected chi connectivity index (χ4v) is 5.70. The second kappa shape index (κ2) is 7.94. The van der Waals surface area contributed by atoms with Gasteiger partial charge in [0, 0.05) is 25.7 Å². The first kappa shape index (κ1) is 23.1. The van der Waals surface area contributed by atoms with Crippen molar-refractivity contribution in [2.45, 2.75) is 128 Å². The van der Waals surface area contributed by atoms with E-state index in [0.717, 1.165) is 25.7 Å². The number of hydrogen-bond acceptors (Lipinski definition) is 4. The maximum atomic E-state index is 12.3. The molecule has 2 aliphatic heterocycles. The molecule has 0 bridgehead atoms. The van der Waals surface area contributed by atoms with Gasteiger partial charge < -0.3 is 20.1 Å². The van der Waals surface area contributed by atoms with Gasteiger partial charge in [0.05, 0.1) is 35.0 Å². The molecule has 0 aliphatic carbocycles. The molecule has 0 radical (unpaired) electrons. The van der Waals surface area contributed by atoms with Gasteiger partial charge in [0.2, 0.25) is 0 Å². The normalized spacial score (nSPS) is 26.4. The summed E-state index contributed by atoms with van der Waals surface area (Å²) in [6, 6.07) is 0. The van der Waals surface area contributed by atoms with Crippen LogP contribution in [0, 0.1) is 0 Å².